The van der Waals surface area contributed by atoms with Gasteiger partial charge in [0.2, 0.25) is 0 Å². The number of carboxylic acid groups (broad SMARTS) is 1. The van der Waals surface area contributed by atoms with Crippen molar-refractivity contribution < 1.29 is 23.1 Å². The second-order valence-electron chi connectivity index (χ2n) is 3.88. The SMILES string of the molecule is COc1ccc(C(=O)O)c(NS(=O)(=O)c2ccc(Cl)s2)c1. The van der Waals surface area contributed by atoms with Gasteiger partial charge in [-0.2, -0.15) is 0 Å². The minimum atomic E-state index is -3.91. The van der Waals surface area contributed by atoms with E-state index in [1.807, 2.05) is 0 Å². The summed E-state index contributed by atoms with van der Waals surface area (Å²) < 4.78 is 31.9. The number of thiophene rings is 1. The Labute approximate surface area is 130 Å². The first-order valence-electron chi connectivity index (χ1n) is 5.53. The molecule has 0 saturated heterocycles. The first-order chi connectivity index (χ1) is 9.83. The van der Waals surface area contributed by atoms with Gasteiger partial charge in [0.05, 0.1) is 22.7 Å². The van der Waals surface area contributed by atoms with E-state index in [1.54, 1.807) is 0 Å². The maximum absolute atomic E-state index is 12.2. The fourth-order valence-corrected chi connectivity index (χ4v) is 4.11. The van der Waals surface area contributed by atoms with Gasteiger partial charge >= 0.3 is 5.97 Å². The van der Waals surface area contributed by atoms with Gasteiger partial charge in [0.1, 0.15) is 9.96 Å². The average Bonchev–Trinajstić information content (AvgIpc) is 2.85. The lowest BCUT2D eigenvalue weighted by Gasteiger charge is -2.11. The van der Waals surface area contributed by atoms with E-state index >= 15 is 0 Å². The quantitative estimate of drug-likeness (QED) is 0.867. The van der Waals surface area contributed by atoms with Crippen molar-refractivity contribution in [2.75, 3.05) is 11.8 Å². The number of rotatable bonds is 5. The smallest absolute Gasteiger partial charge is 0.337 e. The van der Waals surface area contributed by atoms with Crippen LogP contribution in [0.2, 0.25) is 4.34 Å². The molecule has 0 saturated carbocycles. The summed E-state index contributed by atoms with van der Waals surface area (Å²) in [6, 6.07) is 6.79. The summed E-state index contributed by atoms with van der Waals surface area (Å²) in [5.41, 5.74) is -0.256. The molecule has 0 bridgehead atoms. The maximum atomic E-state index is 12.2. The molecule has 2 N–H and O–H groups in total. The van der Waals surface area contributed by atoms with Crippen LogP contribution in [0, 0.1) is 0 Å². The van der Waals surface area contributed by atoms with Crippen LogP contribution in [0.5, 0.6) is 5.75 Å². The highest BCUT2D eigenvalue weighted by Crippen LogP contribution is 2.29. The van der Waals surface area contributed by atoms with Crippen LogP contribution in [0.1, 0.15) is 10.4 Å². The number of sulfonamides is 1. The van der Waals surface area contributed by atoms with E-state index in [-0.39, 0.29) is 15.5 Å². The Morgan fingerprint density at radius 1 is 1.33 bits per heavy atom. The Morgan fingerprint density at radius 3 is 2.57 bits per heavy atom. The summed E-state index contributed by atoms with van der Waals surface area (Å²) in [6.45, 7) is 0. The number of ether oxygens (including phenoxy) is 1. The highest BCUT2D eigenvalue weighted by atomic mass is 35.5. The Hall–Kier alpha value is -1.77. The summed E-state index contributed by atoms with van der Waals surface area (Å²) in [7, 11) is -2.51. The van der Waals surface area contributed by atoms with E-state index in [2.05, 4.69) is 4.72 Å². The van der Waals surface area contributed by atoms with Crippen molar-refractivity contribution in [3.05, 3.63) is 40.2 Å². The largest absolute Gasteiger partial charge is 0.497 e. The summed E-state index contributed by atoms with van der Waals surface area (Å²) in [5, 5.41) is 9.11. The summed E-state index contributed by atoms with van der Waals surface area (Å²) in [5.74, 6) is -0.915. The molecule has 0 aliphatic rings. The van der Waals surface area contributed by atoms with Crippen molar-refractivity contribution in [3.63, 3.8) is 0 Å². The molecule has 0 aliphatic heterocycles. The van der Waals surface area contributed by atoms with Crippen LogP contribution >= 0.6 is 22.9 Å². The van der Waals surface area contributed by atoms with Gasteiger partial charge in [0.25, 0.3) is 10.0 Å². The number of hydrogen-bond donors (Lipinski definition) is 2. The van der Waals surface area contributed by atoms with Gasteiger partial charge in [-0.1, -0.05) is 11.6 Å². The molecule has 6 nitrogen and oxygen atoms in total. The van der Waals surface area contributed by atoms with Crippen molar-refractivity contribution in [2.24, 2.45) is 0 Å². The van der Waals surface area contributed by atoms with Gasteiger partial charge in [-0.15, -0.1) is 11.3 Å². The first-order valence-corrected chi connectivity index (χ1v) is 8.21. The molecule has 112 valence electrons. The van der Waals surface area contributed by atoms with Crippen molar-refractivity contribution in [1.82, 2.24) is 0 Å². The van der Waals surface area contributed by atoms with Crippen molar-refractivity contribution in [2.45, 2.75) is 4.21 Å². The highest BCUT2D eigenvalue weighted by Gasteiger charge is 2.20. The highest BCUT2D eigenvalue weighted by molar-refractivity contribution is 7.94. The van der Waals surface area contributed by atoms with E-state index in [0.717, 1.165) is 11.3 Å². The van der Waals surface area contributed by atoms with Gasteiger partial charge in [0.15, 0.2) is 0 Å². The van der Waals surface area contributed by atoms with Crippen molar-refractivity contribution in [1.29, 1.82) is 0 Å². The first kappa shape index (κ1) is 15.6. The average molecular weight is 348 g/mol. The molecule has 0 spiro atoms. The zero-order valence-electron chi connectivity index (χ0n) is 10.7. The van der Waals surface area contributed by atoms with Gasteiger partial charge in [-0.25, -0.2) is 13.2 Å². The Balaban J connectivity index is 2.44. The number of benzene rings is 1. The van der Waals surface area contributed by atoms with Crippen LogP contribution in [0.25, 0.3) is 0 Å². The number of hydrogen-bond acceptors (Lipinski definition) is 5. The predicted molar refractivity (Wildman–Crippen MR) is 80.1 cm³/mol. The van der Waals surface area contributed by atoms with E-state index in [4.69, 9.17) is 21.4 Å². The topological polar surface area (TPSA) is 92.7 Å². The Bertz CT molecular complexity index is 785. The summed E-state index contributed by atoms with van der Waals surface area (Å²) in [4.78, 5) is 11.2. The molecule has 0 atom stereocenters. The third-order valence-electron chi connectivity index (χ3n) is 2.51. The molecule has 1 heterocycles. The molecule has 21 heavy (non-hydrogen) atoms. The van der Waals surface area contributed by atoms with Crippen molar-refractivity contribution >= 4 is 44.6 Å². The Morgan fingerprint density at radius 2 is 2.05 bits per heavy atom. The van der Waals surface area contributed by atoms with Crippen LogP contribution in [0.4, 0.5) is 5.69 Å². The number of nitrogens with one attached hydrogen (secondary N) is 1. The van der Waals surface area contributed by atoms with E-state index in [1.165, 1.54) is 37.4 Å². The van der Waals surface area contributed by atoms with Crippen LogP contribution in [0.15, 0.2) is 34.5 Å². The monoisotopic (exact) mass is 347 g/mol. The van der Waals surface area contributed by atoms with Gasteiger partial charge in [-0.3, -0.25) is 4.72 Å². The fourth-order valence-electron chi connectivity index (χ4n) is 1.56. The summed E-state index contributed by atoms with van der Waals surface area (Å²) >= 11 is 6.59. The van der Waals surface area contributed by atoms with Crippen molar-refractivity contribution in [3.8, 4) is 5.75 Å². The molecule has 0 aliphatic carbocycles. The molecular formula is C12H10ClNO5S2. The maximum Gasteiger partial charge on any atom is 0.337 e. The van der Waals surface area contributed by atoms with E-state index < -0.39 is 16.0 Å². The second-order valence-corrected chi connectivity index (χ2v) is 7.51. The molecule has 0 fully saturated rings. The van der Waals surface area contributed by atoms with Gasteiger partial charge in [0, 0.05) is 6.07 Å². The van der Waals surface area contributed by atoms with Crippen LogP contribution < -0.4 is 9.46 Å². The zero-order chi connectivity index (χ0) is 15.6. The van der Waals surface area contributed by atoms with Gasteiger partial charge < -0.3 is 9.84 Å². The molecule has 9 heteroatoms. The fraction of sp³-hybridized carbons (Fsp3) is 0.0833. The molecule has 2 aromatic rings. The van der Waals surface area contributed by atoms with Crippen LogP contribution in [0.3, 0.4) is 0 Å². The number of anilines is 1. The third kappa shape index (κ3) is 3.46. The number of carboxylic acids is 1. The standard InChI is InChI=1S/C12H10ClNO5S2/c1-19-7-2-3-8(12(15)16)9(6-7)14-21(17,18)11-5-4-10(13)20-11/h2-6,14H,1H3,(H,15,16). The molecule has 0 unspecified atom stereocenters. The van der Waals surface area contributed by atoms with Crippen LogP contribution in [-0.4, -0.2) is 26.6 Å². The molecule has 0 radical (unpaired) electrons. The zero-order valence-corrected chi connectivity index (χ0v) is 13.1. The predicted octanol–water partition coefficient (Wildman–Crippen LogP) is 2.91. The Kier molecular flexibility index (Phi) is 4.40. The van der Waals surface area contributed by atoms with E-state index in [9.17, 15) is 13.2 Å². The van der Waals surface area contributed by atoms with E-state index in [0.29, 0.717) is 10.1 Å². The number of methoxy groups -OCH3 is 1. The van der Waals surface area contributed by atoms with Crippen LogP contribution in [-0.2, 0) is 10.0 Å². The lowest BCUT2D eigenvalue weighted by molar-refractivity contribution is 0.0698. The number of carbonyl (C=O) groups is 1. The molecular weight excluding hydrogens is 338 g/mol. The summed E-state index contributed by atoms with van der Waals surface area (Å²) in [6.07, 6.45) is 0. The lowest BCUT2D eigenvalue weighted by Crippen LogP contribution is -2.14. The second kappa shape index (κ2) is 5.92. The number of aromatic carboxylic acids is 1. The molecule has 1 aromatic heterocycles. The molecule has 2 rings (SSSR count). The third-order valence-corrected chi connectivity index (χ3v) is 5.60. The van der Waals surface area contributed by atoms with Gasteiger partial charge in [-0.05, 0) is 24.3 Å². The normalized spacial score (nSPS) is 11.1. The molecule has 1 aromatic carbocycles. The lowest BCUT2D eigenvalue weighted by atomic mass is 10.2. The number of halogens is 1. The minimum absolute atomic E-state index is 0.00772. The molecule has 0 amide bonds. The minimum Gasteiger partial charge on any atom is -0.497 e.